The summed E-state index contributed by atoms with van der Waals surface area (Å²) in [6, 6.07) is 2.51. The zero-order valence-electron chi connectivity index (χ0n) is 10.7. The van der Waals surface area contributed by atoms with E-state index in [-0.39, 0.29) is 17.6 Å². The van der Waals surface area contributed by atoms with Gasteiger partial charge in [-0.1, -0.05) is 0 Å². The Morgan fingerprint density at radius 2 is 2.10 bits per heavy atom. The van der Waals surface area contributed by atoms with Crippen molar-refractivity contribution >= 4 is 22.6 Å². The number of hydrogen-bond donors (Lipinski definition) is 1. The van der Waals surface area contributed by atoms with E-state index in [0.29, 0.717) is 10.9 Å². The van der Waals surface area contributed by atoms with Gasteiger partial charge in [0.25, 0.3) is 0 Å². The van der Waals surface area contributed by atoms with Crippen LogP contribution in [-0.4, -0.2) is 15.5 Å². The molecule has 7 heteroatoms. The molecule has 0 atom stereocenters. The van der Waals surface area contributed by atoms with Crippen LogP contribution in [0.5, 0.6) is 0 Å². The number of amides is 1. The Labute approximate surface area is 112 Å². The largest absolute Gasteiger partial charge is 0.431 e. The number of nitrogens with zero attached hydrogens (tertiary/aromatic N) is 2. The van der Waals surface area contributed by atoms with Gasteiger partial charge in [0.2, 0.25) is 5.91 Å². The summed E-state index contributed by atoms with van der Waals surface area (Å²) in [7, 11) is 1.34. The molecule has 2 aromatic heterocycles. The molecule has 1 amide bonds. The smallest absolute Gasteiger partial charge is 0.340 e. The van der Waals surface area contributed by atoms with Crippen LogP contribution in [0.2, 0.25) is 0 Å². The van der Waals surface area contributed by atoms with E-state index in [1.165, 1.54) is 19.3 Å². The number of carbonyl (C=O) groups is 1. The van der Waals surface area contributed by atoms with Gasteiger partial charge in [0.05, 0.1) is 5.52 Å². The summed E-state index contributed by atoms with van der Waals surface area (Å²) in [4.78, 5) is 15.6. The number of rotatable bonds is 2. The van der Waals surface area contributed by atoms with Gasteiger partial charge in [-0.15, -0.1) is 0 Å². The first-order valence-electron chi connectivity index (χ1n) is 6.20. The SMILES string of the molecule is Cn1c(C(F)(F)F)cc2cnc(NC(=O)C3CC3)cc21. The van der Waals surface area contributed by atoms with Crippen molar-refractivity contribution < 1.29 is 18.0 Å². The van der Waals surface area contributed by atoms with Crippen molar-refractivity contribution in [3.63, 3.8) is 0 Å². The Kier molecular flexibility index (Phi) is 2.74. The summed E-state index contributed by atoms with van der Waals surface area (Å²) < 4.78 is 39.5. The van der Waals surface area contributed by atoms with Gasteiger partial charge < -0.3 is 9.88 Å². The summed E-state index contributed by atoms with van der Waals surface area (Å²) >= 11 is 0. The maximum absolute atomic E-state index is 12.8. The standard InChI is InChI=1S/C13H12F3N3O/c1-19-9-5-11(18-12(20)7-2-3-7)17-6-8(9)4-10(19)13(14,15)16/h4-7H,2-3H2,1H3,(H,17,18,20). The number of aromatic nitrogens is 2. The van der Waals surface area contributed by atoms with E-state index in [0.717, 1.165) is 23.5 Å². The molecule has 1 aliphatic rings. The van der Waals surface area contributed by atoms with Gasteiger partial charge in [0.1, 0.15) is 11.5 Å². The molecule has 1 N–H and O–H groups in total. The first-order valence-corrected chi connectivity index (χ1v) is 6.20. The molecule has 20 heavy (non-hydrogen) atoms. The Morgan fingerprint density at radius 1 is 1.40 bits per heavy atom. The Morgan fingerprint density at radius 3 is 2.70 bits per heavy atom. The molecule has 3 rings (SSSR count). The van der Waals surface area contributed by atoms with E-state index in [2.05, 4.69) is 10.3 Å². The molecule has 0 aliphatic heterocycles. The van der Waals surface area contributed by atoms with Gasteiger partial charge in [0, 0.05) is 30.6 Å². The number of hydrogen-bond acceptors (Lipinski definition) is 2. The van der Waals surface area contributed by atoms with Gasteiger partial charge in [-0.05, 0) is 18.9 Å². The zero-order valence-corrected chi connectivity index (χ0v) is 10.7. The van der Waals surface area contributed by atoms with Crippen LogP contribution in [0, 0.1) is 5.92 Å². The highest BCUT2D eigenvalue weighted by molar-refractivity contribution is 5.95. The van der Waals surface area contributed by atoms with Crippen LogP contribution >= 0.6 is 0 Å². The van der Waals surface area contributed by atoms with Crippen LogP contribution in [0.3, 0.4) is 0 Å². The molecule has 0 aromatic carbocycles. The minimum atomic E-state index is -4.41. The molecule has 0 unspecified atom stereocenters. The predicted octanol–water partition coefficient (Wildman–Crippen LogP) is 2.94. The molecular weight excluding hydrogens is 271 g/mol. The topological polar surface area (TPSA) is 46.9 Å². The fraction of sp³-hybridized carbons (Fsp3) is 0.385. The van der Waals surface area contributed by atoms with Gasteiger partial charge in [0.15, 0.2) is 0 Å². The third-order valence-corrected chi connectivity index (χ3v) is 3.42. The third-order valence-electron chi connectivity index (χ3n) is 3.42. The molecular formula is C13H12F3N3O. The minimum Gasteiger partial charge on any atom is -0.340 e. The van der Waals surface area contributed by atoms with Crippen LogP contribution in [0.15, 0.2) is 18.3 Å². The fourth-order valence-electron chi connectivity index (χ4n) is 2.15. The maximum Gasteiger partial charge on any atom is 0.431 e. The Bertz CT molecular complexity index is 686. The molecule has 2 heterocycles. The third kappa shape index (κ3) is 2.23. The Balaban J connectivity index is 1.97. The zero-order chi connectivity index (χ0) is 14.5. The number of alkyl halides is 3. The fourth-order valence-corrected chi connectivity index (χ4v) is 2.15. The summed E-state index contributed by atoms with van der Waals surface area (Å²) in [5.74, 6) is 0.179. The highest BCUT2D eigenvalue weighted by atomic mass is 19.4. The van der Waals surface area contributed by atoms with Crippen LogP contribution in [0.4, 0.5) is 19.0 Å². The van der Waals surface area contributed by atoms with Crippen LogP contribution in [-0.2, 0) is 18.0 Å². The number of fused-ring (bicyclic) bond motifs is 1. The van der Waals surface area contributed by atoms with Crippen molar-refractivity contribution in [2.24, 2.45) is 13.0 Å². The molecule has 4 nitrogen and oxygen atoms in total. The van der Waals surface area contributed by atoms with Crippen molar-refractivity contribution in [1.29, 1.82) is 0 Å². The van der Waals surface area contributed by atoms with Crippen molar-refractivity contribution in [3.8, 4) is 0 Å². The lowest BCUT2D eigenvalue weighted by atomic mass is 10.3. The quantitative estimate of drug-likeness (QED) is 0.921. The van der Waals surface area contributed by atoms with Gasteiger partial charge in [-0.25, -0.2) is 4.98 Å². The summed E-state index contributed by atoms with van der Waals surface area (Å²) in [6.07, 6.45) is -1.36. The van der Waals surface area contributed by atoms with E-state index in [1.54, 1.807) is 0 Å². The van der Waals surface area contributed by atoms with Crippen molar-refractivity contribution in [2.75, 3.05) is 5.32 Å². The maximum atomic E-state index is 12.8. The molecule has 1 fully saturated rings. The summed E-state index contributed by atoms with van der Waals surface area (Å²) in [5.41, 5.74) is -0.349. The second-order valence-corrected chi connectivity index (χ2v) is 4.98. The molecule has 2 aromatic rings. The van der Waals surface area contributed by atoms with E-state index in [9.17, 15) is 18.0 Å². The molecule has 0 saturated heterocycles. The summed E-state index contributed by atoms with van der Waals surface area (Å²) in [6.45, 7) is 0. The number of carbonyl (C=O) groups excluding carboxylic acids is 1. The van der Waals surface area contributed by atoms with E-state index < -0.39 is 11.9 Å². The first kappa shape index (κ1) is 13.0. The number of nitrogens with one attached hydrogen (secondary N) is 1. The van der Waals surface area contributed by atoms with Crippen molar-refractivity contribution in [1.82, 2.24) is 9.55 Å². The summed E-state index contributed by atoms with van der Waals surface area (Å²) in [5, 5.41) is 3.02. The van der Waals surface area contributed by atoms with E-state index in [4.69, 9.17) is 0 Å². The van der Waals surface area contributed by atoms with Gasteiger partial charge in [-0.3, -0.25) is 4.79 Å². The predicted molar refractivity (Wildman–Crippen MR) is 67.1 cm³/mol. The van der Waals surface area contributed by atoms with Gasteiger partial charge in [-0.2, -0.15) is 13.2 Å². The molecule has 106 valence electrons. The lowest BCUT2D eigenvalue weighted by molar-refractivity contribution is -0.142. The van der Waals surface area contributed by atoms with Crippen LogP contribution in [0.25, 0.3) is 10.9 Å². The molecule has 0 radical (unpaired) electrons. The monoisotopic (exact) mass is 283 g/mol. The average molecular weight is 283 g/mol. The lowest BCUT2D eigenvalue weighted by Gasteiger charge is -2.08. The number of halogens is 3. The number of pyridine rings is 1. The minimum absolute atomic E-state index is 0.0200. The van der Waals surface area contributed by atoms with Crippen molar-refractivity contribution in [3.05, 3.63) is 24.0 Å². The van der Waals surface area contributed by atoms with Crippen LogP contribution < -0.4 is 5.32 Å². The molecule has 1 aliphatic carbocycles. The molecule has 0 bridgehead atoms. The average Bonchev–Trinajstić information content (AvgIpc) is 3.14. The van der Waals surface area contributed by atoms with E-state index >= 15 is 0 Å². The lowest BCUT2D eigenvalue weighted by Crippen LogP contribution is -2.14. The van der Waals surface area contributed by atoms with Gasteiger partial charge >= 0.3 is 6.18 Å². The highest BCUT2D eigenvalue weighted by Gasteiger charge is 2.34. The molecule has 0 spiro atoms. The number of aryl methyl sites for hydroxylation is 1. The van der Waals surface area contributed by atoms with E-state index in [1.807, 2.05) is 0 Å². The van der Waals surface area contributed by atoms with Crippen molar-refractivity contribution in [2.45, 2.75) is 19.0 Å². The molecule has 1 saturated carbocycles. The second kappa shape index (κ2) is 4.22. The highest BCUT2D eigenvalue weighted by Crippen LogP contribution is 2.34. The Hall–Kier alpha value is -2.05. The second-order valence-electron chi connectivity index (χ2n) is 4.98. The normalized spacial score (nSPS) is 15.6. The first-order chi connectivity index (χ1) is 9.36. The van der Waals surface area contributed by atoms with Crippen LogP contribution in [0.1, 0.15) is 18.5 Å². The number of anilines is 1.